The van der Waals surface area contributed by atoms with Crippen molar-refractivity contribution in [1.29, 1.82) is 0 Å². The third-order valence-electron chi connectivity index (χ3n) is 3.32. The highest BCUT2D eigenvalue weighted by Crippen LogP contribution is 2.33. The van der Waals surface area contributed by atoms with Crippen molar-refractivity contribution in [3.8, 4) is 0 Å². The van der Waals surface area contributed by atoms with Crippen LogP contribution in [0.1, 0.15) is 43.1 Å². The summed E-state index contributed by atoms with van der Waals surface area (Å²) >= 11 is 6.08. The summed E-state index contributed by atoms with van der Waals surface area (Å²) in [4.78, 5) is 11.1. The Morgan fingerprint density at radius 3 is 2.65 bits per heavy atom. The van der Waals surface area contributed by atoms with Crippen LogP contribution in [0, 0.1) is 0 Å². The second-order valence-electron chi connectivity index (χ2n) is 5.07. The van der Waals surface area contributed by atoms with Crippen LogP contribution >= 0.6 is 11.6 Å². The van der Waals surface area contributed by atoms with E-state index in [-0.39, 0.29) is 0 Å². The van der Waals surface area contributed by atoms with Crippen molar-refractivity contribution in [2.24, 2.45) is 0 Å². The zero-order chi connectivity index (χ0) is 12.3. The third-order valence-corrected chi connectivity index (χ3v) is 3.51. The first-order valence-corrected chi connectivity index (χ1v) is 6.71. The van der Waals surface area contributed by atoms with E-state index in [4.69, 9.17) is 11.6 Å². The van der Waals surface area contributed by atoms with Gasteiger partial charge in [0.15, 0.2) is 0 Å². The fourth-order valence-corrected chi connectivity index (χ4v) is 2.56. The van der Waals surface area contributed by atoms with Crippen molar-refractivity contribution in [2.75, 3.05) is 20.6 Å². The fraction of sp³-hybridized carbons (Fsp3) is 0.692. The van der Waals surface area contributed by atoms with Crippen LogP contribution in [0.5, 0.6) is 0 Å². The molecule has 0 amide bonds. The van der Waals surface area contributed by atoms with E-state index >= 15 is 0 Å². The van der Waals surface area contributed by atoms with Crippen LogP contribution in [0.2, 0.25) is 5.15 Å². The van der Waals surface area contributed by atoms with Crippen LogP contribution in [0.3, 0.4) is 0 Å². The summed E-state index contributed by atoms with van der Waals surface area (Å²) in [5, 5.41) is 0.593. The van der Waals surface area contributed by atoms with E-state index in [0.717, 1.165) is 24.5 Å². The minimum atomic E-state index is 0.593. The van der Waals surface area contributed by atoms with E-state index in [1.807, 2.05) is 6.07 Å². The molecule has 17 heavy (non-hydrogen) atoms. The summed E-state index contributed by atoms with van der Waals surface area (Å²) in [6, 6.07) is 1.94. The molecule has 0 saturated heterocycles. The molecule has 0 atom stereocenters. The van der Waals surface area contributed by atoms with Gasteiger partial charge in [0.05, 0.1) is 0 Å². The molecule has 1 heterocycles. The van der Waals surface area contributed by atoms with E-state index < -0.39 is 0 Å². The Labute approximate surface area is 108 Å². The van der Waals surface area contributed by atoms with Gasteiger partial charge in [0, 0.05) is 24.6 Å². The molecule has 1 aromatic heterocycles. The zero-order valence-electron chi connectivity index (χ0n) is 10.6. The molecule has 2 rings (SSSR count). The Morgan fingerprint density at radius 2 is 2.00 bits per heavy atom. The molecule has 0 aliphatic heterocycles. The molecule has 94 valence electrons. The van der Waals surface area contributed by atoms with Gasteiger partial charge < -0.3 is 4.90 Å². The molecule has 1 fully saturated rings. The van der Waals surface area contributed by atoms with Gasteiger partial charge in [0.2, 0.25) is 0 Å². The molecule has 1 aromatic rings. The van der Waals surface area contributed by atoms with Crippen molar-refractivity contribution >= 4 is 11.6 Å². The first kappa shape index (κ1) is 12.8. The summed E-state index contributed by atoms with van der Waals surface area (Å²) in [6.07, 6.45) is 6.01. The number of hydrogen-bond acceptors (Lipinski definition) is 3. The Morgan fingerprint density at radius 1 is 1.29 bits per heavy atom. The molecular formula is C13H20ClN3. The minimum Gasteiger partial charge on any atom is -0.309 e. The molecule has 0 bridgehead atoms. The largest absolute Gasteiger partial charge is 0.309 e. The summed E-state index contributed by atoms with van der Waals surface area (Å²) in [5.41, 5.74) is 1.15. The van der Waals surface area contributed by atoms with Crippen LogP contribution in [-0.4, -0.2) is 35.5 Å². The highest BCUT2D eigenvalue weighted by Gasteiger charge is 2.19. The number of halogens is 1. The lowest BCUT2D eigenvalue weighted by atomic mass is 10.0. The lowest BCUT2D eigenvalue weighted by Gasteiger charge is -2.12. The lowest BCUT2D eigenvalue weighted by molar-refractivity contribution is 0.409. The summed E-state index contributed by atoms with van der Waals surface area (Å²) in [6.45, 7) is 0.963. The van der Waals surface area contributed by atoms with E-state index in [1.54, 1.807) is 0 Å². The quantitative estimate of drug-likeness (QED) is 0.773. The molecule has 1 aliphatic carbocycles. The smallest absolute Gasteiger partial charge is 0.133 e. The standard InChI is InChI=1S/C13H20ClN3/c1-17(2)8-7-13-15-11(9-12(14)16-13)10-5-3-4-6-10/h9-10H,3-8H2,1-2H3. The lowest BCUT2D eigenvalue weighted by Crippen LogP contribution is -2.17. The van der Waals surface area contributed by atoms with Crippen molar-refractivity contribution < 1.29 is 0 Å². The van der Waals surface area contributed by atoms with E-state index in [2.05, 4.69) is 29.0 Å². The van der Waals surface area contributed by atoms with Crippen LogP contribution in [-0.2, 0) is 6.42 Å². The Balaban J connectivity index is 2.11. The first-order chi connectivity index (χ1) is 8.15. The van der Waals surface area contributed by atoms with E-state index in [9.17, 15) is 0 Å². The molecule has 3 nitrogen and oxygen atoms in total. The predicted molar refractivity (Wildman–Crippen MR) is 70.5 cm³/mol. The van der Waals surface area contributed by atoms with Gasteiger partial charge in [-0.1, -0.05) is 24.4 Å². The van der Waals surface area contributed by atoms with Gasteiger partial charge in [-0.3, -0.25) is 0 Å². The maximum absolute atomic E-state index is 6.08. The molecule has 0 spiro atoms. The molecule has 0 unspecified atom stereocenters. The van der Waals surface area contributed by atoms with Crippen molar-refractivity contribution in [1.82, 2.24) is 14.9 Å². The maximum Gasteiger partial charge on any atom is 0.133 e. The number of rotatable bonds is 4. The van der Waals surface area contributed by atoms with E-state index in [1.165, 1.54) is 25.7 Å². The van der Waals surface area contributed by atoms with Crippen LogP contribution in [0.25, 0.3) is 0 Å². The summed E-state index contributed by atoms with van der Waals surface area (Å²) < 4.78 is 0. The normalized spacial score (nSPS) is 16.9. The summed E-state index contributed by atoms with van der Waals surface area (Å²) in [7, 11) is 4.12. The average molecular weight is 254 g/mol. The molecule has 0 radical (unpaired) electrons. The van der Waals surface area contributed by atoms with Gasteiger partial charge in [0.1, 0.15) is 11.0 Å². The molecular weight excluding hydrogens is 234 g/mol. The van der Waals surface area contributed by atoms with Gasteiger partial charge in [0.25, 0.3) is 0 Å². The monoisotopic (exact) mass is 253 g/mol. The minimum absolute atomic E-state index is 0.593. The zero-order valence-corrected chi connectivity index (χ0v) is 11.4. The third kappa shape index (κ3) is 3.65. The van der Waals surface area contributed by atoms with Gasteiger partial charge in [-0.2, -0.15) is 0 Å². The highest BCUT2D eigenvalue weighted by molar-refractivity contribution is 6.29. The Hall–Kier alpha value is -0.670. The highest BCUT2D eigenvalue weighted by atomic mass is 35.5. The topological polar surface area (TPSA) is 29.0 Å². The molecule has 0 N–H and O–H groups in total. The predicted octanol–water partition coefficient (Wildman–Crippen LogP) is 2.89. The second kappa shape index (κ2) is 5.78. The summed E-state index contributed by atoms with van der Waals surface area (Å²) in [5.74, 6) is 1.49. The van der Waals surface area contributed by atoms with Crippen LogP contribution in [0.15, 0.2) is 6.07 Å². The number of aromatic nitrogens is 2. The van der Waals surface area contributed by atoms with Crippen molar-refractivity contribution in [3.63, 3.8) is 0 Å². The van der Waals surface area contributed by atoms with E-state index in [0.29, 0.717) is 11.1 Å². The molecule has 4 heteroatoms. The van der Waals surface area contributed by atoms with Crippen LogP contribution < -0.4 is 0 Å². The van der Waals surface area contributed by atoms with Gasteiger partial charge in [-0.15, -0.1) is 0 Å². The van der Waals surface area contributed by atoms with Crippen LogP contribution in [0.4, 0.5) is 0 Å². The number of likely N-dealkylation sites (N-methyl/N-ethyl adjacent to an activating group) is 1. The molecule has 1 saturated carbocycles. The fourth-order valence-electron chi connectivity index (χ4n) is 2.35. The Bertz CT molecular complexity index is 373. The molecule has 1 aliphatic rings. The van der Waals surface area contributed by atoms with Crippen molar-refractivity contribution in [2.45, 2.75) is 38.0 Å². The number of nitrogens with zero attached hydrogens (tertiary/aromatic N) is 3. The number of hydrogen-bond donors (Lipinski definition) is 0. The maximum atomic E-state index is 6.08. The van der Waals surface area contributed by atoms with Gasteiger partial charge in [-0.25, -0.2) is 9.97 Å². The average Bonchev–Trinajstić information content (AvgIpc) is 2.79. The molecule has 0 aromatic carbocycles. The first-order valence-electron chi connectivity index (χ1n) is 6.33. The van der Waals surface area contributed by atoms with Gasteiger partial charge in [-0.05, 0) is 33.0 Å². The van der Waals surface area contributed by atoms with Crippen molar-refractivity contribution in [3.05, 3.63) is 22.7 Å². The SMILES string of the molecule is CN(C)CCc1nc(Cl)cc(C2CCCC2)n1. The van der Waals surface area contributed by atoms with Gasteiger partial charge >= 0.3 is 0 Å². The second-order valence-corrected chi connectivity index (χ2v) is 5.45. The Kier molecular flexibility index (Phi) is 4.35.